The number of rotatable bonds is 4. The molecule has 0 aliphatic carbocycles. The van der Waals surface area contributed by atoms with E-state index in [-0.39, 0.29) is 13.2 Å². The van der Waals surface area contributed by atoms with Gasteiger partial charge in [0.1, 0.15) is 6.10 Å². The second-order valence-corrected chi connectivity index (χ2v) is 0.987. The lowest BCUT2D eigenvalue weighted by Gasteiger charge is -1.96. The Morgan fingerprint density at radius 3 is 3.33 bits per heavy atom. The number of hydrogen-bond acceptors (Lipinski definition) is 3. The van der Waals surface area contributed by atoms with Crippen molar-refractivity contribution in [3.05, 3.63) is 0 Å². The maximum atomic E-state index is 8.56. The molecule has 0 fully saturated rings. The van der Waals surface area contributed by atoms with E-state index in [1.165, 1.54) is 0 Å². The smallest absolute Gasteiger partial charge is 0.210 e. The van der Waals surface area contributed by atoms with Crippen molar-refractivity contribution in [3.8, 4) is 0 Å². The molecular formula is C3H8O3. The molecule has 0 rings (SSSR count). The largest absolute Gasteiger partial charge is 0.394 e. The van der Waals surface area contributed by atoms with E-state index in [1.807, 2.05) is 0 Å². The Kier molecular flexibility index (Phi) is 1.52. The summed E-state index contributed by atoms with van der Waals surface area (Å²) in [5.41, 5.74) is 0. The van der Waals surface area contributed by atoms with Crippen LogP contribution in [0.25, 0.3) is 0 Å². The topological polar surface area (TPSA) is 60.7 Å². The van der Waals surface area contributed by atoms with E-state index in [4.69, 9.17) is 7.97 Å². The van der Waals surface area contributed by atoms with Crippen molar-refractivity contribution in [3.63, 3.8) is 0 Å². The summed E-state index contributed by atoms with van der Waals surface area (Å²) in [5, 5.41) is 16.1. The van der Waals surface area contributed by atoms with Crippen LogP contribution in [0.1, 0.15) is 0 Å². The number of aliphatic hydroxyl groups is 3. The maximum absolute atomic E-state index is 8.56. The van der Waals surface area contributed by atoms with Crippen molar-refractivity contribution in [2.45, 2.75) is 6.10 Å². The Hall–Kier alpha value is -0.120. The number of hydrogen-bond donors (Lipinski definition) is 3. The van der Waals surface area contributed by atoms with Gasteiger partial charge in [0.25, 0.3) is 0 Å². The molecule has 0 saturated heterocycles. The van der Waals surface area contributed by atoms with Gasteiger partial charge in [-0.15, -0.1) is 0 Å². The molecule has 0 aliphatic rings. The summed E-state index contributed by atoms with van der Waals surface area (Å²) in [5.74, 6) is 0. The molecule has 0 amide bonds. The zero-order valence-electron chi connectivity index (χ0n) is 5.26. The van der Waals surface area contributed by atoms with Crippen molar-refractivity contribution in [1.29, 1.82) is 2.86 Å². The predicted octanol–water partition coefficient (Wildman–Crippen LogP) is -1.67. The van der Waals surface area contributed by atoms with E-state index in [0.29, 0.717) is 0 Å². The van der Waals surface area contributed by atoms with Gasteiger partial charge in [-0.05, 0) is 0 Å². The third kappa shape index (κ3) is 2.14. The molecule has 0 aromatic rings. The predicted molar refractivity (Wildman–Crippen MR) is 20.2 cm³/mol. The fraction of sp³-hybridized carbons (Fsp3) is 1.00. The van der Waals surface area contributed by atoms with E-state index in [9.17, 15) is 0 Å². The Morgan fingerprint density at radius 2 is 2.83 bits per heavy atom. The lowest BCUT2D eigenvalue weighted by Crippen LogP contribution is -2.15. The minimum Gasteiger partial charge on any atom is -0.394 e. The summed E-state index contributed by atoms with van der Waals surface area (Å²) in [6.07, 6.45) is -0.856. The van der Waals surface area contributed by atoms with Crippen LogP contribution in [-0.2, 0) is 0 Å². The van der Waals surface area contributed by atoms with Gasteiger partial charge < -0.3 is 15.3 Å². The first-order valence-electron chi connectivity index (χ1n) is 2.47. The average Bonchev–Trinajstić information content (AvgIpc) is 1.68. The molecule has 0 heterocycles. The fourth-order valence-electron chi connectivity index (χ4n) is 0.0481. The molecule has 1 unspecified atom stereocenters. The molecule has 6 heavy (non-hydrogen) atoms. The van der Waals surface area contributed by atoms with E-state index < -0.39 is 6.10 Å². The molecule has 38 valence electrons. The SMILES string of the molecule is [2H]OCC(O)CO[3H]. The van der Waals surface area contributed by atoms with Gasteiger partial charge in [0, 0.05) is 0 Å². The summed E-state index contributed by atoms with van der Waals surface area (Å²) in [6.45, 7) is -0.224. The zero-order chi connectivity index (χ0) is 6.41. The van der Waals surface area contributed by atoms with Crippen molar-refractivity contribution in [2.24, 2.45) is 0 Å². The highest BCUT2D eigenvalue weighted by molar-refractivity contribution is 4.43. The van der Waals surface area contributed by atoms with Gasteiger partial charge in [-0.2, -0.15) is 0 Å². The van der Waals surface area contributed by atoms with Gasteiger partial charge in [-0.25, -0.2) is 0 Å². The van der Waals surface area contributed by atoms with Gasteiger partial charge >= 0.3 is 0 Å². The lowest BCUT2D eigenvalue weighted by molar-refractivity contribution is 0.0450. The van der Waals surface area contributed by atoms with Crippen LogP contribution < -0.4 is 0 Å². The van der Waals surface area contributed by atoms with Crippen molar-refractivity contribution in [1.82, 2.24) is 0 Å². The second kappa shape index (κ2) is 3.08. The average molecular weight is 95.1 g/mol. The normalized spacial score (nSPS) is 18.8. The first-order valence-corrected chi connectivity index (χ1v) is 1.65. The third-order valence-corrected chi connectivity index (χ3v) is 0.385. The van der Waals surface area contributed by atoms with Crippen LogP contribution in [0.2, 0.25) is 0 Å². The summed E-state index contributed by atoms with van der Waals surface area (Å²) in [7, 11) is 0. The minimum absolute atomic E-state index is 0.112. The monoisotopic (exact) mass is 95.1 g/mol. The molecule has 3 heteroatoms. The molecule has 0 radical (unpaired) electrons. The molecule has 0 spiro atoms. The molecule has 3 nitrogen and oxygen atoms in total. The van der Waals surface area contributed by atoms with E-state index in [1.54, 1.807) is 0 Å². The summed E-state index contributed by atoms with van der Waals surface area (Å²) >= 11 is 0. The molecule has 0 aliphatic heterocycles. The van der Waals surface area contributed by atoms with Gasteiger partial charge in [0.2, 0.25) is 2.86 Å². The van der Waals surface area contributed by atoms with Crippen LogP contribution in [0.15, 0.2) is 0 Å². The summed E-state index contributed by atoms with van der Waals surface area (Å²) in [4.78, 5) is 0. The van der Waals surface area contributed by atoms with Crippen LogP contribution in [0.5, 0.6) is 0 Å². The lowest BCUT2D eigenvalue weighted by atomic mass is 10.4. The maximum Gasteiger partial charge on any atom is 0.210 e. The Balaban J connectivity index is 2.92. The highest BCUT2D eigenvalue weighted by Crippen LogP contribution is 1.71. The van der Waals surface area contributed by atoms with Crippen LogP contribution in [0.3, 0.4) is 0 Å². The summed E-state index contributed by atoms with van der Waals surface area (Å²) < 4.78 is 12.3. The van der Waals surface area contributed by atoms with Crippen LogP contribution in [0.4, 0.5) is 0 Å². The standard InChI is InChI=1S/C3H8O3/c4-1-3(6)2-5/h3-6H,1-2H2/i4D,5T. The van der Waals surface area contributed by atoms with E-state index >= 15 is 0 Å². The van der Waals surface area contributed by atoms with Crippen molar-refractivity contribution < 1.29 is 15.3 Å². The molecule has 0 aromatic carbocycles. The van der Waals surface area contributed by atoms with Gasteiger partial charge in [0.15, 0.2) is 0 Å². The Labute approximate surface area is 38.8 Å². The highest BCUT2D eigenvalue weighted by Gasteiger charge is 1.93. The second-order valence-electron chi connectivity index (χ2n) is 0.987. The number of aliphatic hydroxyl groups excluding tert-OH is 3. The zero-order valence-corrected chi connectivity index (χ0v) is 3.26. The first-order chi connectivity index (χ1) is 3.81. The highest BCUT2D eigenvalue weighted by atomic mass is 16.3. The van der Waals surface area contributed by atoms with E-state index in [0.717, 1.165) is 0 Å². The van der Waals surface area contributed by atoms with Crippen LogP contribution in [-0.4, -0.2) is 37.5 Å². The quantitative estimate of drug-likeness (QED) is 0.391. The Bertz CT molecular complexity index is 45.8. The van der Waals surface area contributed by atoms with Gasteiger partial charge in [-0.1, -0.05) is 0 Å². The molecule has 0 bridgehead atoms. The molecule has 1 atom stereocenters. The Morgan fingerprint density at radius 1 is 2.00 bits per heavy atom. The molecule has 0 saturated carbocycles. The van der Waals surface area contributed by atoms with E-state index in [2.05, 4.69) is 10.2 Å². The van der Waals surface area contributed by atoms with Gasteiger partial charge in [0.05, 0.1) is 13.2 Å². The fourth-order valence-corrected chi connectivity index (χ4v) is 0.0481. The van der Waals surface area contributed by atoms with Crippen LogP contribution in [0, 0.1) is 0 Å². The minimum atomic E-state index is -0.856. The molecular weight excluding hydrogens is 84.0 g/mol. The molecule has 3 N–H and O–H groups in total. The van der Waals surface area contributed by atoms with Crippen molar-refractivity contribution >= 4 is 0 Å². The van der Waals surface area contributed by atoms with Crippen LogP contribution >= 0.6 is 0 Å². The van der Waals surface area contributed by atoms with Crippen molar-refractivity contribution in [2.75, 3.05) is 13.2 Å². The third-order valence-electron chi connectivity index (χ3n) is 0.385. The first kappa shape index (κ1) is 2.96. The summed E-state index contributed by atoms with van der Waals surface area (Å²) in [6, 6.07) is 0. The molecule has 0 aromatic heterocycles. The van der Waals surface area contributed by atoms with Gasteiger partial charge in [-0.3, -0.25) is 0 Å².